The molecule has 1 heterocycles. The van der Waals surface area contributed by atoms with Gasteiger partial charge in [-0.25, -0.2) is 4.98 Å². The molecule has 6 nitrogen and oxygen atoms in total. The zero-order valence-electron chi connectivity index (χ0n) is 17.0. The third-order valence-electron chi connectivity index (χ3n) is 5.48. The molecule has 6 heteroatoms. The van der Waals surface area contributed by atoms with Crippen LogP contribution in [-0.4, -0.2) is 39.4 Å². The molecular formula is C23H30N4O2. The summed E-state index contributed by atoms with van der Waals surface area (Å²) in [5.41, 5.74) is 1.71. The lowest BCUT2D eigenvalue weighted by Crippen LogP contribution is -2.35. The highest BCUT2D eigenvalue weighted by Gasteiger charge is 2.22. The minimum Gasteiger partial charge on any atom is -0.349 e. The first kappa shape index (κ1) is 20.8. The molecule has 2 aromatic rings. The minimum atomic E-state index is -0.0344. The standard InChI is InChI=1S/C23H30N4O2/c1-3-14-26(15-4-2)22(28)17-27-20-13-9-8-12-19(20)25-21(27)16-24-23(29)18-10-6-5-7-11-18/h3-4,8-9,12-13,18H,1-2,5-7,10-11,14-17H2,(H,24,29). The molecule has 1 aliphatic rings. The lowest BCUT2D eigenvalue weighted by molar-refractivity contribution is -0.130. The van der Waals surface area contributed by atoms with Crippen LogP contribution in [0.15, 0.2) is 49.6 Å². The Kier molecular flexibility index (Phi) is 7.22. The van der Waals surface area contributed by atoms with Gasteiger partial charge in [0.25, 0.3) is 0 Å². The first-order valence-corrected chi connectivity index (χ1v) is 10.4. The Hall–Kier alpha value is -2.89. The molecule has 0 spiro atoms. The van der Waals surface area contributed by atoms with Crippen LogP contribution in [-0.2, 0) is 22.7 Å². The van der Waals surface area contributed by atoms with Gasteiger partial charge < -0.3 is 14.8 Å². The van der Waals surface area contributed by atoms with E-state index in [1.807, 2.05) is 28.8 Å². The van der Waals surface area contributed by atoms with E-state index in [0.29, 0.717) is 25.5 Å². The quantitative estimate of drug-likeness (QED) is 0.663. The fraction of sp³-hybridized carbons (Fsp3) is 0.435. The third-order valence-corrected chi connectivity index (χ3v) is 5.48. The second-order valence-electron chi connectivity index (χ2n) is 7.53. The summed E-state index contributed by atoms with van der Waals surface area (Å²) in [5.74, 6) is 0.849. The van der Waals surface area contributed by atoms with Crippen LogP contribution in [0.4, 0.5) is 0 Å². The molecule has 1 aromatic heterocycles. The lowest BCUT2D eigenvalue weighted by Gasteiger charge is -2.22. The highest BCUT2D eigenvalue weighted by molar-refractivity contribution is 5.82. The van der Waals surface area contributed by atoms with E-state index in [2.05, 4.69) is 23.5 Å². The Morgan fingerprint density at radius 3 is 2.52 bits per heavy atom. The Morgan fingerprint density at radius 2 is 1.83 bits per heavy atom. The van der Waals surface area contributed by atoms with Crippen molar-refractivity contribution in [3.05, 3.63) is 55.4 Å². The lowest BCUT2D eigenvalue weighted by atomic mass is 9.89. The normalized spacial score (nSPS) is 14.5. The van der Waals surface area contributed by atoms with Gasteiger partial charge in [-0.3, -0.25) is 9.59 Å². The molecule has 1 N–H and O–H groups in total. The van der Waals surface area contributed by atoms with E-state index < -0.39 is 0 Å². The maximum absolute atomic E-state index is 12.9. The molecule has 0 saturated heterocycles. The summed E-state index contributed by atoms with van der Waals surface area (Å²) in [5, 5.41) is 3.04. The Balaban J connectivity index is 1.78. The molecule has 0 unspecified atom stereocenters. The number of nitrogens with zero attached hydrogens (tertiary/aromatic N) is 3. The Labute approximate surface area is 172 Å². The molecule has 29 heavy (non-hydrogen) atoms. The molecule has 1 aromatic carbocycles. The molecule has 1 saturated carbocycles. The van der Waals surface area contributed by atoms with Gasteiger partial charge in [0.05, 0.1) is 17.6 Å². The summed E-state index contributed by atoms with van der Waals surface area (Å²) in [6.45, 7) is 8.87. The van der Waals surface area contributed by atoms with Crippen molar-refractivity contribution >= 4 is 22.8 Å². The van der Waals surface area contributed by atoms with Gasteiger partial charge >= 0.3 is 0 Å². The maximum atomic E-state index is 12.9. The van der Waals surface area contributed by atoms with Gasteiger partial charge in [0.2, 0.25) is 11.8 Å². The number of nitrogens with one attached hydrogen (secondary N) is 1. The van der Waals surface area contributed by atoms with Crippen LogP contribution >= 0.6 is 0 Å². The summed E-state index contributed by atoms with van der Waals surface area (Å²) in [6, 6.07) is 7.73. The van der Waals surface area contributed by atoms with E-state index in [4.69, 9.17) is 0 Å². The van der Waals surface area contributed by atoms with E-state index in [1.54, 1.807) is 17.1 Å². The molecule has 1 aliphatic carbocycles. The van der Waals surface area contributed by atoms with Crippen LogP contribution in [0.3, 0.4) is 0 Å². The number of hydrogen-bond acceptors (Lipinski definition) is 3. The van der Waals surface area contributed by atoms with Gasteiger partial charge in [-0.1, -0.05) is 43.5 Å². The van der Waals surface area contributed by atoms with Crippen LogP contribution in [0.1, 0.15) is 37.9 Å². The minimum absolute atomic E-state index is 0.0344. The number of aromatic nitrogens is 2. The van der Waals surface area contributed by atoms with Crippen molar-refractivity contribution in [1.29, 1.82) is 0 Å². The maximum Gasteiger partial charge on any atom is 0.243 e. The zero-order chi connectivity index (χ0) is 20.6. The smallest absolute Gasteiger partial charge is 0.243 e. The van der Waals surface area contributed by atoms with Gasteiger partial charge in [-0.15, -0.1) is 13.2 Å². The molecule has 154 valence electrons. The summed E-state index contributed by atoms with van der Waals surface area (Å²) in [7, 11) is 0. The van der Waals surface area contributed by atoms with Crippen molar-refractivity contribution in [2.24, 2.45) is 5.92 Å². The molecule has 0 atom stereocenters. The van der Waals surface area contributed by atoms with E-state index in [-0.39, 0.29) is 24.3 Å². The van der Waals surface area contributed by atoms with E-state index in [0.717, 1.165) is 36.7 Å². The summed E-state index contributed by atoms with van der Waals surface area (Å²) in [4.78, 5) is 31.8. The summed E-state index contributed by atoms with van der Waals surface area (Å²) >= 11 is 0. The number of hydrogen-bond donors (Lipinski definition) is 1. The second-order valence-corrected chi connectivity index (χ2v) is 7.53. The molecule has 3 rings (SSSR count). The largest absolute Gasteiger partial charge is 0.349 e. The van der Waals surface area contributed by atoms with Gasteiger partial charge in [0.15, 0.2) is 0 Å². The number of carbonyl (C=O) groups excluding carboxylic acids is 2. The van der Waals surface area contributed by atoms with Crippen molar-refractivity contribution in [3.63, 3.8) is 0 Å². The van der Waals surface area contributed by atoms with Crippen LogP contribution in [0.25, 0.3) is 11.0 Å². The fourth-order valence-corrected chi connectivity index (χ4v) is 3.94. The van der Waals surface area contributed by atoms with Gasteiger partial charge in [0.1, 0.15) is 12.4 Å². The Morgan fingerprint density at radius 1 is 1.14 bits per heavy atom. The third kappa shape index (κ3) is 5.13. The molecule has 0 aliphatic heterocycles. The second kappa shape index (κ2) is 10.0. The van der Waals surface area contributed by atoms with Crippen LogP contribution in [0, 0.1) is 5.92 Å². The van der Waals surface area contributed by atoms with Crippen molar-refractivity contribution in [2.75, 3.05) is 13.1 Å². The van der Waals surface area contributed by atoms with Gasteiger partial charge in [0, 0.05) is 19.0 Å². The topological polar surface area (TPSA) is 67.2 Å². The predicted molar refractivity (Wildman–Crippen MR) is 115 cm³/mol. The Bertz CT molecular complexity index is 870. The number of amides is 2. The number of para-hydroxylation sites is 2. The van der Waals surface area contributed by atoms with Gasteiger partial charge in [-0.05, 0) is 25.0 Å². The number of benzene rings is 1. The number of rotatable bonds is 9. The highest BCUT2D eigenvalue weighted by Crippen LogP contribution is 2.24. The van der Waals surface area contributed by atoms with E-state index >= 15 is 0 Å². The first-order valence-electron chi connectivity index (χ1n) is 10.4. The number of fused-ring (bicyclic) bond motifs is 1. The van der Waals surface area contributed by atoms with Crippen molar-refractivity contribution in [1.82, 2.24) is 19.8 Å². The average Bonchev–Trinajstić information content (AvgIpc) is 3.10. The molecule has 0 bridgehead atoms. The number of carbonyl (C=O) groups is 2. The SMILES string of the molecule is C=CCN(CC=C)C(=O)Cn1c(CNC(=O)C2CCCCC2)nc2ccccc21. The fourth-order valence-electron chi connectivity index (χ4n) is 3.94. The van der Waals surface area contributed by atoms with Crippen molar-refractivity contribution < 1.29 is 9.59 Å². The van der Waals surface area contributed by atoms with E-state index in [1.165, 1.54) is 6.42 Å². The first-order chi connectivity index (χ1) is 14.1. The average molecular weight is 395 g/mol. The van der Waals surface area contributed by atoms with Crippen LogP contribution < -0.4 is 5.32 Å². The molecule has 2 amide bonds. The molecule has 0 radical (unpaired) electrons. The monoisotopic (exact) mass is 394 g/mol. The van der Waals surface area contributed by atoms with Crippen molar-refractivity contribution in [3.8, 4) is 0 Å². The van der Waals surface area contributed by atoms with E-state index in [9.17, 15) is 9.59 Å². The summed E-state index contributed by atoms with van der Waals surface area (Å²) < 4.78 is 1.90. The van der Waals surface area contributed by atoms with Crippen LogP contribution in [0.2, 0.25) is 0 Å². The number of imidazole rings is 1. The van der Waals surface area contributed by atoms with Crippen LogP contribution in [0.5, 0.6) is 0 Å². The zero-order valence-corrected chi connectivity index (χ0v) is 17.0. The molecular weight excluding hydrogens is 364 g/mol. The van der Waals surface area contributed by atoms with Crippen molar-refractivity contribution in [2.45, 2.75) is 45.2 Å². The van der Waals surface area contributed by atoms with Gasteiger partial charge in [-0.2, -0.15) is 0 Å². The predicted octanol–water partition coefficient (Wildman–Crippen LogP) is 3.43. The summed E-state index contributed by atoms with van der Waals surface area (Å²) in [6.07, 6.45) is 8.78. The highest BCUT2D eigenvalue weighted by atomic mass is 16.2. The molecule has 1 fully saturated rings.